The van der Waals surface area contributed by atoms with Gasteiger partial charge in [-0.1, -0.05) is 59.7 Å². The van der Waals surface area contributed by atoms with E-state index < -0.39 is 10.0 Å². The van der Waals surface area contributed by atoms with Crippen LogP contribution in [-0.2, 0) is 10.0 Å². The molecular weight excluding hydrogens is 356 g/mol. The van der Waals surface area contributed by atoms with E-state index in [9.17, 15) is 8.42 Å². The molecule has 0 unspecified atom stereocenters. The largest absolute Gasteiger partial charge is 0.298 e. The first kappa shape index (κ1) is 19.8. The summed E-state index contributed by atoms with van der Waals surface area (Å²) in [7, 11) is -3.40. The SMILES string of the molecule is Cc1ccc(/C=C/CN2CCCN(S(=O)(=O)c3ccc(C)cc3)CC2)cc1. The predicted octanol–water partition coefficient (Wildman–Crippen LogP) is 3.71. The molecule has 2 aromatic carbocycles. The van der Waals surface area contributed by atoms with Crippen molar-refractivity contribution in [2.75, 3.05) is 32.7 Å². The lowest BCUT2D eigenvalue weighted by atomic mass is 10.1. The number of hydrogen-bond acceptors (Lipinski definition) is 3. The maximum atomic E-state index is 12.9. The second-order valence-corrected chi connectivity index (χ2v) is 9.12. The molecule has 0 radical (unpaired) electrons. The van der Waals surface area contributed by atoms with Crippen LogP contribution in [-0.4, -0.2) is 50.3 Å². The Bertz CT molecular complexity index is 872. The van der Waals surface area contributed by atoms with E-state index >= 15 is 0 Å². The second kappa shape index (κ2) is 8.83. The van der Waals surface area contributed by atoms with E-state index in [2.05, 4.69) is 48.2 Å². The van der Waals surface area contributed by atoms with Crippen molar-refractivity contribution in [3.05, 3.63) is 71.3 Å². The molecule has 1 aliphatic rings. The van der Waals surface area contributed by atoms with E-state index in [1.807, 2.05) is 19.1 Å². The Morgan fingerprint density at radius 3 is 2.15 bits per heavy atom. The molecule has 1 saturated heterocycles. The van der Waals surface area contributed by atoms with Gasteiger partial charge in [-0.25, -0.2) is 8.42 Å². The number of rotatable bonds is 5. The average molecular weight is 385 g/mol. The minimum absolute atomic E-state index is 0.390. The number of benzene rings is 2. The topological polar surface area (TPSA) is 40.6 Å². The maximum Gasteiger partial charge on any atom is 0.243 e. The fraction of sp³-hybridized carbons (Fsp3) is 0.364. The lowest BCUT2D eigenvalue weighted by molar-refractivity contribution is 0.316. The zero-order valence-electron chi connectivity index (χ0n) is 16.1. The van der Waals surface area contributed by atoms with Gasteiger partial charge >= 0.3 is 0 Å². The molecule has 0 aliphatic carbocycles. The number of nitrogens with zero attached hydrogens (tertiary/aromatic N) is 2. The number of hydrogen-bond donors (Lipinski definition) is 0. The highest BCUT2D eigenvalue weighted by atomic mass is 32.2. The van der Waals surface area contributed by atoms with Crippen molar-refractivity contribution < 1.29 is 8.42 Å². The molecule has 0 aromatic heterocycles. The van der Waals surface area contributed by atoms with Crippen LogP contribution in [0, 0.1) is 13.8 Å². The van der Waals surface area contributed by atoms with Crippen LogP contribution in [0.1, 0.15) is 23.1 Å². The summed E-state index contributed by atoms with van der Waals surface area (Å²) in [5.74, 6) is 0. The predicted molar refractivity (Wildman–Crippen MR) is 111 cm³/mol. The van der Waals surface area contributed by atoms with Gasteiger partial charge in [0.15, 0.2) is 0 Å². The van der Waals surface area contributed by atoms with Crippen LogP contribution in [0.4, 0.5) is 0 Å². The van der Waals surface area contributed by atoms with Crippen LogP contribution in [0.3, 0.4) is 0 Å². The van der Waals surface area contributed by atoms with E-state index in [4.69, 9.17) is 0 Å². The van der Waals surface area contributed by atoms with Crippen molar-refractivity contribution in [2.45, 2.75) is 25.2 Å². The first-order valence-corrected chi connectivity index (χ1v) is 10.9. The van der Waals surface area contributed by atoms with Crippen LogP contribution in [0.15, 0.2) is 59.5 Å². The summed E-state index contributed by atoms with van der Waals surface area (Å²) in [6.07, 6.45) is 5.14. The normalized spacial score (nSPS) is 17.3. The van der Waals surface area contributed by atoms with Crippen LogP contribution in [0.2, 0.25) is 0 Å². The van der Waals surface area contributed by atoms with E-state index in [0.29, 0.717) is 18.0 Å². The van der Waals surface area contributed by atoms with Crippen LogP contribution < -0.4 is 0 Å². The average Bonchev–Trinajstić information content (AvgIpc) is 2.90. The van der Waals surface area contributed by atoms with Gasteiger partial charge in [-0.2, -0.15) is 4.31 Å². The third-order valence-electron chi connectivity index (χ3n) is 4.96. The third-order valence-corrected chi connectivity index (χ3v) is 6.87. The van der Waals surface area contributed by atoms with Gasteiger partial charge < -0.3 is 0 Å². The minimum Gasteiger partial charge on any atom is -0.298 e. The number of sulfonamides is 1. The molecule has 0 spiro atoms. The molecule has 0 saturated carbocycles. The molecule has 0 bridgehead atoms. The Hall–Kier alpha value is -1.95. The second-order valence-electron chi connectivity index (χ2n) is 7.18. The van der Waals surface area contributed by atoms with Crippen LogP contribution in [0.25, 0.3) is 6.08 Å². The van der Waals surface area contributed by atoms with Gasteiger partial charge in [0, 0.05) is 26.2 Å². The Balaban J connectivity index is 1.58. The van der Waals surface area contributed by atoms with Gasteiger partial charge in [-0.05, 0) is 44.5 Å². The summed E-state index contributed by atoms with van der Waals surface area (Å²) < 4.78 is 27.4. The van der Waals surface area contributed by atoms with Gasteiger partial charge in [0.05, 0.1) is 4.90 Å². The Labute approximate surface area is 163 Å². The van der Waals surface area contributed by atoms with E-state index in [1.165, 1.54) is 11.1 Å². The van der Waals surface area contributed by atoms with Gasteiger partial charge in [-0.15, -0.1) is 0 Å². The van der Waals surface area contributed by atoms with Crippen molar-refractivity contribution >= 4 is 16.1 Å². The fourth-order valence-corrected chi connectivity index (χ4v) is 4.71. The summed E-state index contributed by atoms with van der Waals surface area (Å²) in [5, 5.41) is 0. The maximum absolute atomic E-state index is 12.9. The van der Waals surface area contributed by atoms with Crippen LogP contribution >= 0.6 is 0 Å². The lowest BCUT2D eigenvalue weighted by Gasteiger charge is -2.21. The summed E-state index contributed by atoms with van der Waals surface area (Å²) >= 11 is 0. The minimum atomic E-state index is -3.40. The third kappa shape index (κ3) is 5.28. The first-order chi connectivity index (χ1) is 12.9. The highest BCUT2D eigenvalue weighted by Crippen LogP contribution is 2.18. The van der Waals surface area contributed by atoms with Crippen LogP contribution in [0.5, 0.6) is 0 Å². The Morgan fingerprint density at radius 2 is 1.48 bits per heavy atom. The van der Waals surface area contributed by atoms with E-state index in [-0.39, 0.29) is 0 Å². The smallest absolute Gasteiger partial charge is 0.243 e. The first-order valence-electron chi connectivity index (χ1n) is 9.47. The summed E-state index contributed by atoms with van der Waals surface area (Å²) in [5.41, 5.74) is 3.52. The molecule has 1 heterocycles. The summed E-state index contributed by atoms with van der Waals surface area (Å²) in [6.45, 7) is 7.67. The molecule has 3 rings (SSSR count). The molecule has 1 fully saturated rings. The monoisotopic (exact) mass is 384 g/mol. The molecule has 2 aromatic rings. The van der Waals surface area contributed by atoms with Crippen molar-refractivity contribution in [3.8, 4) is 0 Å². The zero-order chi connectivity index (χ0) is 19.3. The molecule has 27 heavy (non-hydrogen) atoms. The van der Waals surface area contributed by atoms with Gasteiger partial charge in [0.1, 0.15) is 0 Å². The van der Waals surface area contributed by atoms with Gasteiger partial charge in [0.25, 0.3) is 0 Å². The van der Waals surface area contributed by atoms with E-state index in [1.54, 1.807) is 16.4 Å². The van der Waals surface area contributed by atoms with Gasteiger partial charge in [-0.3, -0.25) is 4.90 Å². The molecule has 1 aliphatic heterocycles. The quantitative estimate of drug-likeness (QED) is 0.789. The molecule has 4 nitrogen and oxygen atoms in total. The zero-order valence-corrected chi connectivity index (χ0v) is 17.0. The van der Waals surface area contributed by atoms with Crippen molar-refractivity contribution in [2.24, 2.45) is 0 Å². The highest BCUT2D eigenvalue weighted by Gasteiger charge is 2.26. The van der Waals surface area contributed by atoms with Gasteiger partial charge in [0.2, 0.25) is 10.0 Å². The molecule has 5 heteroatoms. The fourth-order valence-electron chi connectivity index (χ4n) is 3.24. The molecule has 144 valence electrons. The summed E-state index contributed by atoms with van der Waals surface area (Å²) in [6, 6.07) is 15.6. The summed E-state index contributed by atoms with van der Waals surface area (Å²) in [4.78, 5) is 2.70. The van der Waals surface area contributed by atoms with Crippen molar-refractivity contribution in [3.63, 3.8) is 0 Å². The molecule has 0 atom stereocenters. The Morgan fingerprint density at radius 1 is 0.852 bits per heavy atom. The number of aryl methyl sites for hydroxylation is 2. The molecule has 0 N–H and O–H groups in total. The van der Waals surface area contributed by atoms with E-state index in [0.717, 1.165) is 31.6 Å². The van der Waals surface area contributed by atoms with Crippen molar-refractivity contribution in [1.29, 1.82) is 0 Å². The molecular formula is C22H28N2O2S. The highest BCUT2D eigenvalue weighted by molar-refractivity contribution is 7.89. The Kier molecular flexibility index (Phi) is 6.47. The molecule has 0 amide bonds. The van der Waals surface area contributed by atoms with Crippen molar-refractivity contribution in [1.82, 2.24) is 9.21 Å². The standard InChI is InChI=1S/C22H28N2O2S/c1-19-6-10-21(11-7-19)5-3-14-23-15-4-16-24(18-17-23)27(25,26)22-12-8-20(2)9-13-22/h3,5-13H,4,14-18H2,1-2H3/b5-3+. The lowest BCUT2D eigenvalue weighted by Crippen LogP contribution is -2.35.